The Hall–Kier alpha value is -3.75. The molecule has 0 aromatic heterocycles. The summed E-state index contributed by atoms with van der Waals surface area (Å²) in [6, 6.07) is 13.2. The molecule has 0 bridgehead atoms. The van der Waals surface area contributed by atoms with Crippen molar-refractivity contribution in [1.29, 1.82) is 0 Å². The number of aliphatic hydroxyl groups excluding tert-OH is 1. The van der Waals surface area contributed by atoms with Crippen LogP contribution in [-0.2, 0) is 4.74 Å². The normalized spacial score (nSPS) is 12.6. The first-order valence-electron chi connectivity index (χ1n) is 8.38. The van der Waals surface area contributed by atoms with Crippen molar-refractivity contribution >= 4 is 11.5 Å². The third kappa shape index (κ3) is 4.91. The summed E-state index contributed by atoms with van der Waals surface area (Å²) in [7, 11) is 0. The number of hydrogen-bond acceptors (Lipinski definition) is 7. The Kier molecular flexibility index (Phi) is 6.80. The zero-order valence-corrected chi connectivity index (χ0v) is 15.0. The maximum Gasteiger partial charge on any atom is 0.354 e. The molecular formula is C19H18N2O7. The van der Waals surface area contributed by atoms with Gasteiger partial charge in [0.2, 0.25) is 0 Å². The average molecular weight is 386 g/mol. The summed E-state index contributed by atoms with van der Waals surface area (Å²) in [6.45, 7) is 1.53. The van der Waals surface area contributed by atoms with Crippen molar-refractivity contribution in [2.75, 3.05) is 6.61 Å². The number of Topliss-reactive ketones (excluding diaryl/α,β-unsaturated/α-hetero) is 1. The van der Waals surface area contributed by atoms with Crippen LogP contribution in [0.1, 0.15) is 35.2 Å². The Bertz CT molecular complexity index is 892. The number of nitrogens with zero attached hydrogens (tertiary/aromatic N) is 2. The van der Waals surface area contributed by atoms with Crippen molar-refractivity contribution in [1.82, 2.24) is 0 Å². The topological polar surface area (TPSA) is 133 Å². The van der Waals surface area contributed by atoms with Crippen LogP contribution in [0.15, 0.2) is 66.2 Å². The predicted octanol–water partition coefficient (Wildman–Crippen LogP) is 3.99. The molecule has 0 heterocycles. The van der Waals surface area contributed by atoms with Gasteiger partial charge in [0, 0.05) is 24.1 Å². The summed E-state index contributed by atoms with van der Waals surface area (Å²) in [4.78, 5) is 33.7. The van der Waals surface area contributed by atoms with Gasteiger partial charge in [0.15, 0.2) is 5.78 Å². The standard InChI is InChI=1S/C19H18N2O7/c1-2-28-19(23)18(21(26)27)16(12-17(22)14-6-4-3-5-7-14)13-8-10-15(11-9-13)20(24)25/h3-11,16,23H,2,12H2,1H3/b19-18-. The van der Waals surface area contributed by atoms with E-state index >= 15 is 0 Å². The van der Waals surface area contributed by atoms with E-state index < -0.39 is 27.4 Å². The molecule has 28 heavy (non-hydrogen) atoms. The molecule has 2 rings (SSSR count). The van der Waals surface area contributed by atoms with E-state index in [1.165, 1.54) is 24.3 Å². The molecule has 146 valence electrons. The first kappa shape index (κ1) is 20.6. The summed E-state index contributed by atoms with van der Waals surface area (Å²) >= 11 is 0. The first-order chi connectivity index (χ1) is 13.3. The summed E-state index contributed by atoms with van der Waals surface area (Å²) < 4.78 is 4.89. The van der Waals surface area contributed by atoms with Gasteiger partial charge in [-0.2, -0.15) is 0 Å². The SMILES string of the molecule is CCO/C(O)=C(/C(CC(=O)c1ccccc1)c1ccc([N+](=O)[O-])cc1)[N+](=O)[O-]. The Labute approximate surface area is 160 Å². The Balaban J connectivity index is 2.50. The molecular weight excluding hydrogens is 368 g/mol. The van der Waals surface area contributed by atoms with Gasteiger partial charge in [-0.15, -0.1) is 0 Å². The van der Waals surface area contributed by atoms with Crippen molar-refractivity contribution in [3.05, 3.63) is 97.6 Å². The van der Waals surface area contributed by atoms with Crippen LogP contribution in [0.3, 0.4) is 0 Å². The number of non-ortho nitro benzene ring substituents is 1. The molecule has 1 unspecified atom stereocenters. The first-order valence-corrected chi connectivity index (χ1v) is 8.38. The van der Waals surface area contributed by atoms with E-state index in [2.05, 4.69) is 0 Å². The third-order valence-corrected chi connectivity index (χ3v) is 4.02. The molecule has 0 aliphatic carbocycles. The number of aliphatic hydroxyl groups is 1. The molecule has 0 aliphatic heterocycles. The molecule has 0 saturated heterocycles. The summed E-state index contributed by atoms with van der Waals surface area (Å²) in [5.74, 6) is -2.43. The molecule has 2 aromatic rings. The highest BCUT2D eigenvalue weighted by Crippen LogP contribution is 2.32. The third-order valence-electron chi connectivity index (χ3n) is 4.02. The molecule has 9 heteroatoms. The van der Waals surface area contributed by atoms with E-state index in [-0.39, 0.29) is 30.1 Å². The lowest BCUT2D eigenvalue weighted by Gasteiger charge is -2.15. The van der Waals surface area contributed by atoms with Crippen LogP contribution in [0, 0.1) is 20.2 Å². The zero-order valence-electron chi connectivity index (χ0n) is 15.0. The highest BCUT2D eigenvalue weighted by Gasteiger charge is 2.35. The van der Waals surface area contributed by atoms with E-state index in [4.69, 9.17) is 4.74 Å². The number of hydrogen-bond donors (Lipinski definition) is 1. The molecule has 0 saturated carbocycles. The fourth-order valence-electron chi connectivity index (χ4n) is 2.69. The quantitative estimate of drug-likeness (QED) is 0.298. The van der Waals surface area contributed by atoms with Crippen LogP contribution in [0.4, 0.5) is 5.69 Å². The number of ketones is 1. The molecule has 2 aromatic carbocycles. The molecule has 1 N–H and O–H groups in total. The molecule has 0 amide bonds. The number of carbonyl (C=O) groups is 1. The van der Waals surface area contributed by atoms with Gasteiger partial charge in [-0.05, 0) is 12.5 Å². The molecule has 9 nitrogen and oxygen atoms in total. The number of nitro benzene ring substituents is 1. The van der Waals surface area contributed by atoms with E-state index in [1.807, 2.05) is 0 Å². The molecule has 0 fully saturated rings. The number of ether oxygens (including phenoxy) is 1. The van der Waals surface area contributed by atoms with E-state index in [0.717, 1.165) is 0 Å². The predicted molar refractivity (Wildman–Crippen MR) is 99.5 cm³/mol. The Morgan fingerprint density at radius 2 is 1.68 bits per heavy atom. The van der Waals surface area contributed by atoms with Gasteiger partial charge in [-0.1, -0.05) is 42.5 Å². The van der Waals surface area contributed by atoms with Crippen molar-refractivity contribution in [3.8, 4) is 0 Å². The average Bonchev–Trinajstić information content (AvgIpc) is 2.68. The molecule has 1 atom stereocenters. The van der Waals surface area contributed by atoms with Crippen molar-refractivity contribution in [2.45, 2.75) is 19.3 Å². The van der Waals surface area contributed by atoms with E-state index in [0.29, 0.717) is 5.56 Å². The van der Waals surface area contributed by atoms with Crippen molar-refractivity contribution < 1.29 is 24.5 Å². The largest absolute Gasteiger partial charge is 0.476 e. The zero-order chi connectivity index (χ0) is 20.7. The number of rotatable bonds is 9. The summed E-state index contributed by atoms with van der Waals surface area (Å²) in [6.07, 6.45) is -0.324. The smallest absolute Gasteiger partial charge is 0.354 e. The monoisotopic (exact) mass is 386 g/mol. The van der Waals surface area contributed by atoms with Gasteiger partial charge in [-0.25, -0.2) is 0 Å². The second-order valence-electron chi connectivity index (χ2n) is 5.78. The summed E-state index contributed by atoms with van der Waals surface area (Å²) in [5.41, 5.74) is -0.252. The highest BCUT2D eigenvalue weighted by atomic mass is 16.6. The van der Waals surface area contributed by atoms with Crippen LogP contribution in [0.25, 0.3) is 0 Å². The lowest BCUT2D eigenvalue weighted by Crippen LogP contribution is -2.18. The van der Waals surface area contributed by atoms with Crippen LogP contribution < -0.4 is 0 Å². The minimum Gasteiger partial charge on any atom is -0.476 e. The van der Waals surface area contributed by atoms with Crippen molar-refractivity contribution in [2.24, 2.45) is 0 Å². The lowest BCUT2D eigenvalue weighted by molar-refractivity contribution is -0.436. The minimum absolute atomic E-state index is 0.0111. The van der Waals surface area contributed by atoms with Crippen LogP contribution in [-0.4, -0.2) is 27.3 Å². The van der Waals surface area contributed by atoms with Crippen LogP contribution in [0.5, 0.6) is 0 Å². The van der Waals surface area contributed by atoms with Gasteiger partial charge in [0.05, 0.1) is 22.4 Å². The maximum absolute atomic E-state index is 12.6. The molecule has 0 aliphatic rings. The number of allylic oxidation sites excluding steroid dienone is 1. The fraction of sp³-hybridized carbons (Fsp3) is 0.211. The second-order valence-corrected chi connectivity index (χ2v) is 5.78. The lowest BCUT2D eigenvalue weighted by atomic mass is 9.89. The highest BCUT2D eigenvalue weighted by molar-refractivity contribution is 5.96. The van der Waals surface area contributed by atoms with Gasteiger partial charge in [0.25, 0.3) is 5.69 Å². The Morgan fingerprint density at radius 1 is 1.07 bits per heavy atom. The van der Waals surface area contributed by atoms with E-state index in [9.17, 15) is 30.1 Å². The fourth-order valence-corrected chi connectivity index (χ4v) is 2.69. The van der Waals surface area contributed by atoms with Gasteiger partial charge >= 0.3 is 11.6 Å². The van der Waals surface area contributed by atoms with Gasteiger partial charge < -0.3 is 9.84 Å². The molecule has 0 spiro atoms. The number of carbonyl (C=O) groups excluding carboxylic acids is 1. The maximum atomic E-state index is 12.6. The van der Waals surface area contributed by atoms with Gasteiger partial charge in [-0.3, -0.25) is 25.0 Å². The minimum atomic E-state index is -1.16. The van der Waals surface area contributed by atoms with Crippen LogP contribution in [0.2, 0.25) is 0 Å². The number of benzene rings is 2. The summed E-state index contributed by atoms with van der Waals surface area (Å²) in [5, 5.41) is 32.5. The van der Waals surface area contributed by atoms with Crippen molar-refractivity contribution in [3.63, 3.8) is 0 Å². The number of nitro groups is 2. The molecule has 0 radical (unpaired) electrons. The van der Waals surface area contributed by atoms with E-state index in [1.54, 1.807) is 37.3 Å². The second kappa shape index (κ2) is 9.26. The Morgan fingerprint density at radius 3 is 2.18 bits per heavy atom. The van der Waals surface area contributed by atoms with Crippen LogP contribution >= 0.6 is 0 Å². The van der Waals surface area contributed by atoms with Gasteiger partial charge in [0.1, 0.15) is 0 Å².